The highest BCUT2D eigenvalue weighted by molar-refractivity contribution is 5.94. The van der Waals surface area contributed by atoms with Crippen LogP contribution in [0.2, 0.25) is 0 Å². The van der Waals surface area contributed by atoms with Gasteiger partial charge in [-0.2, -0.15) is 0 Å². The number of nitrogens with zero attached hydrogens (tertiary/aromatic N) is 1. The highest BCUT2D eigenvalue weighted by Gasteiger charge is 2.11. The molecule has 0 atom stereocenters. The molecule has 26 heavy (non-hydrogen) atoms. The van der Waals surface area contributed by atoms with Crippen LogP contribution in [0.25, 0.3) is 0 Å². The van der Waals surface area contributed by atoms with E-state index < -0.39 is 0 Å². The van der Waals surface area contributed by atoms with Crippen molar-refractivity contribution in [1.82, 2.24) is 10.2 Å². The van der Waals surface area contributed by atoms with Crippen LogP contribution < -0.4 is 14.8 Å². The van der Waals surface area contributed by atoms with E-state index in [2.05, 4.69) is 36.3 Å². The molecule has 2 rings (SSSR count). The lowest BCUT2D eigenvalue weighted by Crippen LogP contribution is -2.23. The maximum atomic E-state index is 12.4. The Labute approximate surface area is 155 Å². The first-order valence-corrected chi connectivity index (χ1v) is 8.92. The van der Waals surface area contributed by atoms with Crippen molar-refractivity contribution in [2.24, 2.45) is 0 Å². The molecule has 0 aromatic heterocycles. The Kier molecular flexibility index (Phi) is 7.48. The first kappa shape index (κ1) is 19.8. The average molecular weight is 356 g/mol. The van der Waals surface area contributed by atoms with Crippen LogP contribution in [-0.2, 0) is 13.1 Å². The zero-order valence-corrected chi connectivity index (χ0v) is 16.0. The van der Waals surface area contributed by atoms with E-state index in [4.69, 9.17) is 9.47 Å². The van der Waals surface area contributed by atoms with Crippen molar-refractivity contribution >= 4 is 5.91 Å². The van der Waals surface area contributed by atoms with Crippen molar-refractivity contribution in [3.8, 4) is 11.5 Å². The number of hydrogen-bond donors (Lipinski definition) is 1. The topological polar surface area (TPSA) is 50.8 Å². The molecule has 0 fully saturated rings. The van der Waals surface area contributed by atoms with Gasteiger partial charge in [-0.25, -0.2) is 0 Å². The van der Waals surface area contributed by atoms with E-state index in [1.807, 2.05) is 19.1 Å². The van der Waals surface area contributed by atoms with Gasteiger partial charge in [0.15, 0.2) is 11.5 Å². The molecule has 0 bridgehead atoms. The van der Waals surface area contributed by atoms with Crippen LogP contribution in [0.3, 0.4) is 0 Å². The molecular formula is C21H28N2O3. The number of amides is 1. The highest BCUT2D eigenvalue weighted by Crippen LogP contribution is 2.28. The normalized spacial score (nSPS) is 10.7. The zero-order chi connectivity index (χ0) is 18.9. The van der Waals surface area contributed by atoms with E-state index >= 15 is 0 Å². The number of nitrogens with one attached hydrogen (secondary N) is 1. The lowest BCUT2D eigenvalue weighted by atomic mass is 10.1. The van der Waals surface area contributed by atoms with Crippen LogP contribution in [0.4, 0.5) is 0 Å². The molecule has 0 unspecified atom stereocenters. The quantitative estimate of drug-likeness (QED) is 0.747. The third-order valence-electron chi connectivity index (χ3n) is 4.16. The Morgan fingerprint density at radius 2 is 1.85 bits per heavy atom. The Morgan fingerprint density at radius 1 is 1.08 bits per heavy atom. The molecule has 0 aliphatic heterocycles. The predicted molar refractivity (Wildman–Crippen MR) is 104 cm³/mol. The van der Waals surface area contributed by atoms with Gasteiger partial charge < -0.3 is 19.7 Å². The Morgan fingerprint density at radius 3 is 2.54 bits per heavy atom. The van der Waals surface area contributed by atoms with Gasteiger partial charge in [0.25, 0.3) is 5.91 Å². The summed E-state index contributed by atoms with van der Waals surface area (Å²) in [5.41, 5.74) is 2.87. The monoisotopic (exact) mass is 356 g/mol. The largest absolute Gasteiger partial charge is 0.493 e. The summed E-state index contributed by atoms with van der Waals surface area (Å²) in [6, 6.07) is 13.5. The molecule has 5 heteroatoms. The Balaban J connectivity index is 2.01. The number of carbonyl (C=O) groups excluding carboxylic acids is 1. The molecule has 0 aliphatic rings. The van der Waals surface area contributed by atoms with Crippen molar-refractivity contribution in [2.75, 3.05) is 27.3 Å². The van der Waals surface area contributed by atoms with Crippen LogP contribution in [0, 0.1) is 0 Å². The summed E-state index contributed by atoms with van der Waals surface area (Å²) in [6.45, 7) is 6.97. The van der Waals surface area contributed by atoms with E-state index in [0.717, 1.165) is 18.7 Å². The molecule has 0 heterocycles. The summed E-state index contributed by atoms with van der Waals surface area (Å²) in [5, 5.41) is 2.96. The van der Waals surface area contributed by atoms with Gasteiger partial charge in [0.05, 0.1) is 13.7 Å². The molecule has 0 radical (unpaired) electrons. The minimum absolute atomic E-state index is 0.137. The summed E-state index contributed by atoms with van der Waals surface area (Å²) in [7, 11) is 3.66. The SMILES string of the molecule is CCOc1ccc(C(=O)NCc2cccc(CN(C)CC)c2)cc1OC. The summed E-state index contributed by atoms with van der Waals surface area (Å²) < 4.78 is 10.8. The van der Waals surface area contributed by atoms with Gasteiger partial charge in [0.2, 0.25) is 0 Å². The van der Waals surface area contributed by atoms with Gasteiger partial charge in [-0.1, -0.05) is 31.2 Å². The van der Waals surface area contributed by atoms with Gasteiger partial charge in [0.1, 0.15) is 0 Å². The van der Waals surface area contributed by atoms with Crippen LogP contribution in [0.15, 0.2) is 42.5 Å². The summed E-state index contributed by atoms with van der Waals surface area (Å²) in [6.07, 6.45) is 0. The Bertz CT molecular complexity index is 731. The standard InChI is InChI=1S/C21H28N2O3/c1-5-23(3)15-17-9-7-8-16(12-17)14-22-21(24)18-10-11-19(26-6-2)20(13-18)25-4/h7-13H,5-6,14-15H2,1-4H3,(H,22,24). The molecule has 5 nitrogen and oxygen atoms in total. The molecule has 2 aromatic carbocycles. The lowest BCUT2D eigenvalue weighted by Gasteiger charge is -2.15. The third-order valence-corrected chi connectivity index (χ3v) is 4.16. The number of ether oxygens (including phenoxy) is 2. The fourth-order valence-corrected chi connectivity index (χ4v) is 2.63. The van der Waals surface area contributed by atoms with Gasteiger partial charge in [-0.3, -0.25) is 4.79 Å². The van der Waals surface area contributed by atoms with Crippen LogP contribution in [0.1, 0.15) is 35.3 Å². The minimum atomic E-state index is -0.137. The maximum Gasteiger partial charge on any atom is 0.251 e. The molecule has 140 valence electrons. The second-order valence-electron chi connectivity index (χ2n) is 6.13. The van der Waals surface area contributed by atoms with Gasteiger partial charge in [0, 0.05) is 18.7 Å². The van der Waals surface area contributed by atoms with Gasteiger partial charge in [-0.05, 0) is 49.8 Å². The number of carbonyl (C=O) groups is 1. The average Bonchev–Trinajstić information content (AvgIpc) is 2.66. The number of rotatable bonds is 9. The van der Waals surface area contributed by atoms with Crippen molar-refractivity contribution in [3.05, 3.63) is 59.2 Å². The molecule has 0 saturated carbocycles. The summed E-state index contributed by atoms with van der Waals surface area (Å²) in [5.74, 6) is 1.06. The summed E-state index contributed by atoms with van der Waals surface area (Å²) >= 11 is 0. The van der Waals surface area contributed by atoms with Crippen molar-refractivity contribution in [3.63, 3.8) is 0 Å². The molecule has 0 spiro atoms. The fourth-order valence-electron chi connectivity index (χ4n) is 2.63. The molecule has 0 saturated heterocycles. The second kappa shape index (κ2) is 9.82. The van der Waals surface area contributed by atoms with Crippen molar-refractivity contribution in [2.45, 2.75) is 26.9 Å². The molecule has 1 N–H and O–H groups in total. The smallest absolute Gasteiger partial charge is 0.251 e. The second-order valence-corrected chi connectivity index (χ2v) is 6.13. The molecule has 0 aliphatic carbocycles. The van der Waals surface area contributed by atoms with Crippen molar-refractivity contribution in [1.29, 1.82) is 0 Å². The predicted octanol–water partition coefficient (Wildman–Crippen LogP) is 3.48. The number of benzene rings is 2. The van der Waals surface area contributed by atoms with Gasteiger partial charge >= 0.3 is 0 Å². The van der Waals surface area contributed by atoms with Crippen LogP contribution in [-0.4, -0.2) is 38.1 Å². The van der Waals surface area contributed by atoms with E-state index in [9.17, 15) is 4.79 Å². The van der Waals surface area contributed by atoms with Gasteiger partial charge in [-0.15, -0.1) is 0 Å². The first-order chi connectivity index (χ1) is 12.6. The third kappa shape index (κ3) is 5.49. The fraction of sp³-hybridized carbons (Fsp3) is 0.381. The number of methoxy groups -OCH3 is 1. The van der Waals surface area contributed by atoms with E-state index in [-0.39, 0.29) is 5.91 Å². The van der Waals surface area contributed by atoms with E-state index in [0.29, 0.717) is 30.2 Å². The Hall–Kier alpha value is -2.53. The summed E-state index contributed by atoms with van der Waals surface area (Å²) in [4.78, 5) is 14.7. The molecule has 1 amide bonds. The molecular weight excluding hydrogens is 328 g/mol. The van der Waals surface area contributed by atoms with E-state index in [1.165, 1.54) is 5.56 Å². The highest BCUT2D eigenvalue weighted by atomic mass is 16.5. The molecule has 2 aromatic rings. The lowest BCUT2D eigenvalue weighted by molar-refractivity contribution is 0.0950. The van der Waals surface area contributed by atoms with E-state index in [1.54, 1.807) is 25.3 Å². The maximum absolute atomic E-state index is 12.4. The number of hydrogen-bond acceptors (Lipinski definition) is 4. The van der Waals surface area contributed by atoms with Crippen LogP contribution >= 0.6 is 0 Å². The van der Waals surface area contributed by atoms with Crippen LogP contribution in [0.5, 0.6) is 11.5 Å². The first-order valence-electron chi connectivity index (χ1n) is 8.92. The zero-order valence-electron chi connectivity index (χ0n) is 16.0. The minimum Gasteiger partial charge on any atom is -0.493 e. The van der Waals surface area contributed by atoms with Crippen molar-refractivity contribution < 1.29 is 14.3 Å².